The molecule has 1 aromatic rings. The van der Waals surface area contributed by atoms with Crippen LogP contribution in [0, 0.1) is 0 Å². The molecular formula is C17H30N4O. The molecule has 1 rings (SSSR count). The van der Waals surface area contributed by atoms with E-state index in [0.29, 0.717) is 12.5 Å². The highest BCUT2D eigenvalue weighted by Crippen LogP contribution is 2.22. The first-order valence-corrected chi connectivity index (χ1v) is 8.33. The normalized spacial score (nSPS) is 12.3. The van der Waals surface area contributed by atoms with Crippen molar-refractivity contribution in [2.45, 2.75) is 59.4 Å². The zero-order valence-electron chi connectivity index (χ0n) is 14.4. The van der Waals surface area contributed by atoms with Gasteiger partial charge >= 0.3 is 0 Å². The van der Waals surface area contributed by atoms with Gasteiger partial charge < -0.3 is 15.2 Å². The van der Waals surface area contributed by atoms with Gasteiger partial charge in [0.2, 0.25) is 0 Å². The number of hydrogen-bond donors (Lipinski definition) is 2. The highest BCUT2D eigenvalue weighted by molar-refractivity contribution is 5.79. The van der Waals surface area contributed by atoms with E-state index in [-0.39, 0.29) is 0 Å². The van der Waals surface area contributed by atoms with Gasteiger partial charge in [-0.3, -0.25) is 0 Å². The van der Waals surface area contributed by atoms with E-state index in [4.69, 9.17) is 4.52 Å². The minimum absolute atomic E-state index is 0.480. The van der Waals surface area contributed by atoms with Crippen LogP contribution < -0.4 is 10.6 Å². The number of hydrogen-bond acceptors (Lipinski definition) is 3. The average Bonchev–Trinajstić information content (AvgIpc) is 2.99. The monoisotopic (exact) mass is 306 g/mol. The van der Waals surface area contributed by atoms with Gasteiger partial charge in [-0.25, -0.2) is 4.99 Å². The van der Waals surface area contributed by atoms with Gasteiger partial charge in [-0.05, 0) is 33.1 Å². The second kappa shape index (κ2) is 10.9. The molecule has 0 amide bonds. The molecule has 0 aromatic carbocycles. The fourth-order valence-corrected chi connectivity index (χ4v) is 2.24. The fourth-order valence-electron chi connectivity index (χ4n) is 2.24. The van der Waals surface area contributed by atoms with Crippen LogP contribution in [0.5, 0.6) is 0 Å². The molecule has 0 saturated carbocycles. The second-order valence-electron chi connectivity index (χ2n) is 5.21. The highest BCUT2D eigenvalue weighted by Gasteiger charge is 2.12. The van der Waals surface area contributed by atoms with E-state index in [1.54, 1.807) is 0 Å². The van der Waals surface area contributed by atoms with Crippen LogP contribution >= 0.6 is 0 Å². The Hall–Kier alpha value is -1.78. The van der Waals surface area contributed by atoms with E-state index >= 15 is 0 Å². The van der Waals surface area contributed by atoms with Gasteiger partial charge in [-0.1, -0.05) is 31.2 Å². The Morgan fingerprint density at radius 1 is 1.32 bits per heavy atom. The van der Waals surface area contributed by atoms with Crippen LogP contribution in [-0.2, 0) is 6.54 Å². The number of rotatable bonds is 9. The molecule has 0 bridgehead atoms. The molecule has 0 aliphatic rings. The number of nitrogens with one attached hydrogen (secondary N) is 2. The summed E-state index contributed by atoms with van der Waals surface area (Å²) >= 11 is 0. The minimum atomic E-state index is 0.480. The van der Waals surface area contributed by atoms with Crippen LogP contribution in [0.3, 0.4) is 0 Å². The number of guanidine groups is 1. The van der Waals surface area contributed by atoms with E-state index in [1.165, 1.54) is 0 Å². The lowest BCUT2D eigenvalue weighted by Crippen LogP contribution is -2.37. The Labute approximate surface area is 134 Å². The molecule has 0 fully saturated rings. The van der Waals surface area contributed by atoms with Crippen molar-refractivity contribution in [3.63, 3.8) is 0 Å². The maximum atomic E-state index is 5.40. The van der Waals surface area contributed by atoms with Gasteiger partial charge in [0, 0.05) is 25.1 Å². The van der Waals surface area contributed by atoms with Gasteiger partial charge in [0.15, 0.2) is 11.7 Å². The number of aliphatic imine (C=N–C) groups is 1. The average molecular weight is 306 g/mol. The van der Waals surface area contributed by atoms with Crippen LogP contribution in [-0.4, -0.2) is 24.2 Å². The van der Waals surface area contributed by atoms with Crippen LogP contribution in [0.2, 0.25) is 0 Å². The smallest absolute Gasteiger partial charge is 0.191 e. The summed E-state index contributed by atoms with van der Waals surface area (Å²) in [6.45, 7) is 10.7. The highest BCUT2D eigenvalue weighted by atomic mass is 16.5. The molecule has 0 radical (unpaired) electrons. The zero-order chi connectivity index (χ0) is 16.2. The Balaban J connectivity index is 2.57. The predicted molar refractivity (Wildman–Crippen MR) is 92.1 cm³/mol. The molecule has 0 aliphatic carbocycles. The van der Waals surface area contributed by atoms with Crippen molar-refractivity contribution in [3.05, 3.63) is 29.7 Å². The quantitative estimate of drug-likeness (QED) is 0.317. The second-order valence-corrected chi connectivity index (χ2v) is 5.21. The van der Waals surface area contributed by atoms with E-state index in [1.807, 2.05) is 13.0 Å². The third kappa shape index (κ3) is 6.33. The van der Waals surface area contributed by atoms with Crippen molar-refractivity contribution in [1.82, 2.24) is 15.8 Å². The Morgan fingerprint density at radius 2 is 2.09 bits per heavy atom. The van der Waals surface area contributed by atoms with Crippen molar-refractivity contribution in [1.29, 1.82) is 0 Å². The molecule has 1 aromatic heterocycles. The third-order valence-corrected chi connectivity index (χ3v) is 3.56. The Morgan fingerprint density at radius 3 is 2.73 bits per heavy atom. The van der Waals surface area contributed by atoms with Crippen LogP contribution in [0.4, 0.5) is 0 Å². The lowest BCUT2D eigenvalue weighted by Gasteiger charge is -2.09. The molecule has 0 unspecified atom stereocenters. The van der Waals surface area contributed by atoms with E-state index in [2.05, 4.69) is 53.7 Å². The van der Waals surface area contributed by atoms with Gasteiger partial charge in [-0.2, -0.15) is 0 Å². The van der Waals surface area contributed by atoms with Crippen LogP contribution in [0.25, 0.3) is 0 Å². The molecule has 0 spiro atoms. The fraction of sp³-hybridized carbons (Fsp3) is 0.647. The molecule has 124 valence electrons. The summed E-state index contributed by atoms with van der Waals surface area (Å²) in [6, 6.07) is 2.03. The molecule has 22 heavy (non-hydrogen) atoms. The molecule has 5 heteroatoms. The van der Waals surface area contributed by atoms with Gasteiger partial charge in [0.25, 0.3) is 0 Å². The first kappa shape index (κ1) is 18.3. The van der Waals surface area contributed by atoms with Crippen LogP contribution in [0.15, 0.2) is 27.7 Å². The SMILES string of the molecule is C/C=C/CCNC(=NCc1cc(C(CC)CC)no1)NCC. The molecule has 2 N–H and O–H groups in total. The largest absolute Gasteiger partial charge is 0.359 e. The first-order chi connectivity index (χ1) is 10.7. The first-order valence-electron chi connectivity index (χ1n) is 8.33. The van der Waals surface area contributed by atoms with Crippen molar-refractivity contribution in [2.24, 2.45) is 4.99 Å². The lowest BCUT2D eigenvalue weighted by atomic mass is 9.99. The zero-order valence-corrected chi connectivity index (χ0v) is 14.4. The predicted octanol–water partition coefficient (Wildman–Crippen LogP) is 3.60. The van der Waals surface area contributed by atoms with Crippen LogP contribution in [0.1, 0.15) is 64.3 Å². The van der Waals surface area contributed by atoms with Crippen molar-refractivity contribution < 1.29 is 4.52 Å². The minimum Gasteiger partial charge on any atom is -0.359 e. The summed E-state index contributed by atoms with van der Waals surface area (Å²) in [6.07, 6.45) is 7.35. The van der Waals surface area contributed by atoms with E-state index < -0.39 is 0 Å². The van der Waals surface area contributed by atoms with Crippen molar-refractivity contribution in [3.8, 4) is 0 Å². The molecule has 0 aliphatic heterocycles. The summed E-state index contributed by atoms with van der Waals surface area (Å²) in [7, 11) is 0. The van der Waals surface area contributed by atoms with Gasteiger partial charge in [0.1, 0.15) is 6.54 Å². The van der Waals surface area contributed by atoms with Gasteiger partial charge in [-0.15, -0.1) is 0 Å². The summed E-state index contributed by atoms with van der Waals surface area (Å²) < 4.78 is 5.40. The van der Waals surface area contributed by atoms with Gasteiger partial charge in [0.05, 0.1) is 5.69 Å². The molecule has 5 nitrogen and oxygen atoms in total. The number of aromatic nitrogens is 1. The molecular weight excluding hydrogens is 276 g/mol. The summed E-state index contributed by atoms with van der Waals surface area (Å²) in [5, 5.41) is 10.7. The van der Waals surface area contributed by atoms with E-state index in [9.17, 15) is 0 Å². The number of allylic oxidation sites excluding steroid dienone is 1. The Kier molecular flexibility index (Phi) is 9.03. The lowest BCUT2D eigenvalue weighted by molar-refractivity contribution is 0.372. The summed E-state index contributed by atoms with van der Waals surface area (Å²) in [5.74, 6) is 2.11. The maximum absolute atomic E-state index is 5.40. The molecule has 0 atom stereocenters. The standard InChI is InChI=1S/C17H30N4O/c1-5-9-10-11-19-17(18-8-4)20-13-15-12-16(21-22-15)14(6-2)7-3/h5,9,12,14H,6-8,10-11,13H2,1-4H3,(H2,18,19,20)/b9-5+. The number of nitrogens with zero attached hydrogens (tertiary/aromatic N) is 2. The Bertz CT molecular complexity index is 461. The molecule has 0 saturated heterocycles. The third-order valence-electron chi connectivity index (χ3n) is 3.56. The molecule has 1 heterocycles. The maximum Gasteiger partial charge on any atom is 0.191 e. The summed E-state index contributed by atoms with van der Waals surface area (Å²) in [4.78, 5) is 4.54. The van der Waals surface area contributed by atoms with E-state index in [0.717, 1.165) is 49.8 Å². The topological polar surface area (TPSA) is 62.5 Å². The van der Waals surface area contributed by atoms with Crippen molar-refractivity contribution in [2.75, 3.05) is 13.1 Å². The summed E-state index contributed by atoms with van der Waals surface area (Å²) in [5.41, 5.74) is 1.04. The van der Waals surface area contributed by atoms with Crippen molar-refractivity contribution >= 4 is 5.96 Å².